The zero-order valence-electron chi connectivity index (χ0n) is 22.8. The molecule has 0 saturated carbocycles. The van der Waals surface area contributed by atoms with Crippen LogP contribution in [0.5, 0.6) is 5.75 Å². The Kier molecular flexibility index (Phi) is 8.85. The van der Waals surface area contributed by atoms with Crippen LogP contribution in [0, 0.1) is 12.3 Å². The van der Waals surface area contributed by atoms with E-state index in [4.69, 9.17) is 9.57 Å². The minimum atomic E-state index is -0.535. The molecule has 196 valence electrons. The number of aliphatic hydroxyl groups excluding tert-OH is 1. The third-order valence-corrected chi connectivity index (χ3v) is 7.45. The molecule has 36 heavy (non-hydrogen) atoms. The third-order valence-electron chi connectivity index (χ3n) is 7.45. The molecule has 3 N–H and O–H groups in total. The number of aromatic nitrogens is 1. The van der Waals surface area contributed by atoms with Crippen molar-refractivity contribution in [3.63, 3.8) is 0 Å². The smallest absolute Gasteiger partial charge is 0.243 e. The molecule has 2 aromatic carbocycles. The lowest BCUT2D eigenvalue weighted by Gasteiger charge is -2.33. The average Bonchev–Trinajstić information content (AvgIpc) is 3.26. The number of ether oxygens (including phenoxy) is 1. The monoisotopic (exact) mass is 494 g/mol. The lowest BCUT2D eigenvalue weighted by molar-refractivity contribution is -0.131. The highest BCUT2D eigenvalue weighted by atomic mass is 16.6. The van der Waals surface area contributed by atoms with Gasteiger partial charge in [0.1, 0.15) is 12.4 Å². The van der Waals surface area contributed by atoms with Crippen molar-refractivity contribution in [2.75, 3.05) is 13.7 Å². The fourth-order valence-electron chi connectivity index (χ4n) is 4.87. The first kappa shape index (κ1) is 27.8. The predicted octanol–water partition coefficient (Wildman–Crippen LogP) is 5.98. The van der Waals surface area contributed by atoms with Crippen LogP contribution in [0.3, 0.4) is 0 Å². The number of hydroxylamine groups is 1. The first-order valence-electron chi connectivity index (χ1n) is 12.9. The number of aryl methyl sites for hydroxylation is 2. The summed E-state index contributed by atoms with van der Waals surface area (Å²) in [4.78, 5) is 19.9. The molecule has 6 nitrogen and oxygen atoms in total. The van der Waals surface area contributed by atoms with Gasteiger partial charge in [-0.3, -0.25) is 9.63 Å². The molecule has 0 radical (unpaired) electrons. The van der Waals surface area contributed by atoms with Crippen molar-refractivity contribution in [1.82, 2.24) is 10.5 Å². The topological polar surface area (TPSA) is 83.6 Å². The number of rotatable bonds is 11. The third kappa shape index (κ3) is 5.93. The number of hydrogen-bond acceptors (Lipinski definition) is 4. The number of amides is 1. The van der Waals surface area contributed by atoms with Crippen molar-refractivity contribution < 1.29 is 19.5 Å². The van der Waals surface area contributed by atoms with E-state index in [1.807, 2.05) is 26.8 Å². The minimum Gasteiger partial charge on any atom is -0.491 e. The number of aromatic amines is 1. The molecule has 1 aromatic heterocycles. The van der Waals surface area contributed by atoms with Crippen LogP contribution in [0.1, 0.15) is 76.1 Å². The first-order valence-corrected chi connectivity index (χ1v) is 12.9. The van der Waals surface area contributed by atoms with E-state index in [2.05, 4.69) is 67.8 Å². The Hall–Kier alpha value is -2.83. The van der Waals surface area contributed by atoms with Gasteiger partial charge in [0.15, 0.2) is 0 Å². The van der Waals surface area contributed by atoms with Crippen LogP contribution in [0.25, 0.3) is 10.9 Å². The lowest BCUT2D eigenvalue weighted by atomic mass is 9.70. The van der Waals surface area contributed by atoms with Gasteiger partial charge in [-0.05, 0) is 66.0 Å². The largest absolute Gasteiger partial charge is 0.491 e. The SMILES string of the molecule is CCC(CC)(c1ccc(OCC(O)C(C)(C)C)c(C)c1)c1c[nH]c2cc(CCC(=O)NOC)ccc12. The molecule has 1 atom stereocenters. The molecule has 0 aliphatic carbocycles. The number of fused-ring (bicyclic) bond motifs is 1. The summed E-state index contributed by atoms with van der Waals surface area (Å²) in [5.41, 5.74) is 7.79. The van der Waals surface area contributed by atoms with Crippen molar-refractivity contribution in [3.8, 4) is 5.75 Å². The second-order valence-electron chi connectivity index (χ2n) is 10.8. The second-order valence-corrected chi connectivity index (χ2v) is 10.8. The Labute approximate surface area is 215 Å². The van der Waals surface area contributed by atoms with Gasteiger partial charge in [-0.15, -0.1) is 0 Å². The highest BCUT2D eigenvalue weighted by Crippen LogP contribution is 2.43. The summed E-state index contributed by atoms with van der Waals surface area (Å²) in [5.74, 6) is 0.681. The van der Waals surface area contributed by atoms with Crippen molar-refractivity contribution in [2.24, 2.45) is 5.41 Å². The molecule has 0 bridgehead atoms. The van der Waals surface area contributed by atoms with Crippen LogP contribution in [0.4, 0.5) is 0 Å². The Morgan fingerprint density at radius 1 is 1.11 bits per heavy atom. The summed E-state index contributed by atoms with van der Waals surface area (Å²) >= 11 is 0. The number of benzene rings is 2. The molecule has 1 heterocycles. The molecule has 0 aliphatic rings. The molecule has 3 rings (SSSR count). The van der Waals surface area contributed by atoms with Crippen LogP contribution >= 0.6 is 0 Å². The van der Waals surface area contributed by atoms with Gasteiger partial charge in [-0.2, -0.15) is 0 Å². The molecule has 6 heteroatoms. The minimum absolute atomic E-state index is 0.128. The molecule has 1 amide bonds. The van der Waals surface area contributed by atoms with Crippen molar-refractivity contribution in [2.45, 2.75) is 78.7 Å². The van der Waals surface area contributed by atoms with Gasteiger partial charge in [0, 0.05) is 28.9 Å². The molecular formula is C30H42N2O4. The molecule has 1 unspecified atom stereocenters. The zero-order valence-corrected chi connectivity index (χ0v) is 22.8. The summed E-state index contributed by atoms with van der Waals surface area (Å²) in [6.45, 7) is 12.9. The van der Waals surface area contributed by atoms with Gasteiger partial charge in [0.25, 0.3) is 0 Å². The van der Waals surface area contributed by atoms with Gasteiger partial charge in [0.2, 0.25) is 5.91 Å². The van der Waals surface area contributed by atoms with E-state index in [-0.39, 0.29) is 23.3 Å². The van der Waals surface area contributed by atoms with E-state index < -0.39 is 6.10 Å². The highest BCUT2D eigenvalue weighted by Gasteiger charge is 2.33. The number of aliphatic hydroxyl groups is 1. The maximum atomic E-state index is 11.8. The molecule has 0 spiro atoms. The fourth-order valence-corrected chi connectivity index (χ4v) is 4.87. The molecule has 0 aliphatic heterocycles. The lowest BCUT2D eigenvalue weighted by Crippen LogP contribution is -2.32. The molecular weight excluding hydrogens is 452 g/mol. The van der Waals surface area contributed by atoms with E-state index in [9.17, 15) is 9.90 Å². The Balaban J connectivity index is 1.89. The molecule has 0 saturated heterocycles. The van der Waals surface area contributed by atoms with E-state index in [0.29, 0.717) is 12.8 Å². The molecule has 3 aromatic rings. The van der Waals surface area contributed by atoms with Crippen molar-refractivity contribution in [1.29, 1.82) is 0 Å². The highest BCUT2D eigenvalue weighted by molar-refractivity contribution is 5.86. The summed E-state index contributed by atoms with van der Waals surface area (Å²) < 4.78 is 6.00. The Morgan fingerprint density at radius 3 is 2.44 bits per heavy atom. The standard InChI is InChI=1S/C30H42N2O4/c1-8-30(9-2,22-12-14-26(20(3)16-22)36-19-27(33)29(4,5)6)24-18-31-25-17-21(10-13-23(24)25)11-15-28(34)32-35-7/h10,12-14,16-18,27,31,33H,8-9,11,15,19H2,1-7H3,(H,32,34). The van der Waals surface area contributed by atoms with Crippen LogP contribution in [0.15, 0.2) is 42.6 Å². The van der Waals surface area contributed by atoms with E-state index in [1.165, 1.54) is 23.6 Å². The quantitative estimate of drug-likeness (QED) is 0.286. The second kappa shape index (κ2) is 11.5. The van der Waals surface area contributed by atoms with Crippen molar-refractivity contribution >= 4 is 16.8 Å². The molecule has 0 fully saturated rings. The predicted molar refractivity (Wildman–Crippen MR) is 145 cm³/mol. The van der Waals surface area contributed by atoms with Crippen LogP contribution in [-0.4, -0.2) is 35.8 Å². The summed E-state index contributed by atoms with van der Waals surface area (Å²) in [5, 5.41) is 11.6. The number of nitrogens with one attached hydrogen (secondary N) is 2. The zero-order chi connectivity index (χ0) is 26.5. The fraction of sp³-hybridized carbons (Fsp3) is 0.500. The number of carbonyl (C=O) groups excluding carboxylic acids is 1. The maximum absolute atomic E-state index is 11.8. The Morgan fingerprint density at radius 2 is 1.83 bits per heavy atom. The van der Waals surface area contributed by atoms with Crippen LogP contribution < -0.4 is 10.2 Å². The van der Waals surface area contributed by atoms with Gasteiger partial charge < -0.3 is 14.8 Å². The summed E-state index contributed by atoms with van der Waals surface area (Å²) in [6.07, 6.45) is 4.54. The number of H-pyrrole nitrogens is 1. The van der Waals surface area contributed by atoms with E-state index in [1.54, 1.807) is 0 Å². The normalized spacial score (nSPS) is 13.1. The summed E-state index contributed by atoms with van der Waals surface area (Å²) in [7, 11) is 1.44. The van der Waals surface area contributed by atoms with Gasteiger partial charge in [-0.25, -0.2) is 5.48 Å². The van der Waals surface area contributed by atoms with Crippen molar-refractivity contribution in [3.05, 3.63) is 64.8 Å². The van der Waals surface area contributed by atoms with Crippen LogP contribution in [-0.2, 0) is 21.5 Å². The van der Waals surface area contributed by atoms with Gasteiger partial charge in [0.05, 0.1) is 13.2 Å². The van der Waals surface area contributed by atoms with E-state index >= 15 is 0 Å². The van der Waals surface area contributed by atoms with Crippen LogP contribution in [0.2, 0.25) is 0 Å². The van der Waals surface area contributed by atoms with Gasteiger partial charge >= 0.3 is 0 Å². The number of carbonyl (C=O) groups is 1. The summed E-state index contributed by atoms with van der Waals surface area (Å²) in [6, 6.07) is 12.9. The Bertz CT molecular complexity index is 1170. The maximum Gasteiger partial charge on any atom is 0.243 e. The van der Waals surface area contributed by atoms with Gasteiger partial charge in [-0.1, -0.05) is 58.9 Å². The number of hydrogen-bond donors (Lipinski definition) is 3. The first-order chi connectivity index (χ1) is 17.1. The van der Waals surface area contributed by atoms with E-state index in [0.717, 1.165) is 35.2 Å². The average molecular weight is 495 g/mol.